The number of nitrogens with two attached hydrogens (primary N) is 1. The normalized spacial score (nSPS) is 17.0. The van der Waals surface area contributed by atoms with Crippen LogP contribution in [-0.4, -0.2) is 66.8 Å². The topological polar surface area (TPSA) is 127 Å². The number of ether oxygens (including phenoxy) is 1. The van der Waals surface area contributed by atoms with Gasteiger partial charge in [-0.25, -0.2) is 0 Å². The number of hydrogen-bond donors (Lipinski definition) is 1. The van der Waals surface area contributed by atoms with Gasteiger partial charge >= 0.3 is 0 Å². The van der Waals surface area contributed by atoms with Crippen LogP contribution < -0.4 is 5.73 Å². The third-order valence-electron chi connectivity index (χ3n) is 7.19. The van der Waals surface area contributed by atoms with E-state index in [0.29, 0.717) is 24.2 Å². The van der Waals surface area contributed by atoms with E-state index >= 15 is 0 Å². The van der Waals surface area contributed by atoms with Crippen LogP contribution in [0.25, 0.3) is 0 Å². The number of rotatable bonds is 10. The Morgan fingerprint density at radius 1 is 1.05 bits per heavy atom. The Morgan fingerprint density at radius 2 is 1.78 bits per heavy atom. The highest BCUT2D eigenvalue weighted by molar-refractivity contribution is 6.76. The minimum Gasteiger partial charge on any atom is -0.366 e. The van der Waals surface area contributed by atoms with Crippen LogP contribution in [0.15, 0.2) is 42.5 Å². The highest BCUT2D eigenvalue weighted by atomic mass is 28.3. The summed E-state index contributed by atoms with van der Waals surface area (Å²) in [7, 11) is -1.34. The van der Waals surface area contributed by atoms with E-state index in [1.54, 1.807) is 30.3 Å². The highest BCUT2D eigenvalue weighted by Gasteiger charge is 2.47. The highest BCUT2D eigenvalue weighted by Crippen LogP contribution is 2.31. The molecule has 5 amide bonds. The lowest BCUT2D eigenvalue weighted by Gasteiger charge is -2.34. The van der Waals surface area contributed by atoms with Crippen LogP contribution >= 0.6 is 0 Å². The monoisotopic (exact) mass is 573 g/mol. The molecular formula is C31H35N3O6Si. The molecule has 4 rings (SSSR count). The van der Waals surface area contributed by atoms with Gasteiger partial charge in [-0.05, 0) is 55.1 Å². The van der Waals surface area contributed by atoms with E-state index in [1.165, 1.54) is 0 Å². The van der Waals surface area contributed by atoms with Gasteiger partial charge < -0.3 is 10.5 Å². The summed E-state index contributed by atoms with van der Waals surface area (Å²) in [5.41, 5.74) is 7.62. The number of carbonyl (C=O) groups excluding carboxylic acids is 5. The van der Waals surface area contributed by atoms with Crippen molar-refractivity contribution in [2.24, 2.45) is 5.73 Å². The molecule has 2 heterocycles. The van der Waals surface area contributed by atoms with Gasteiger partial charge in [-0.15, -0.1) is 0 Å². The fourth-order valence-electron chi connectivity index (χ4n) is 4.80. The molecule has 0 aliphatic carbocycles. The summed E-state index contributed by atoms with van der Waals surface area (Å²) in [5, 5.41) is 0. The number of piperidine rings is 1. The van der Waals surface area contributed by atoms with Crippen molar-refractivity contribution in [1.82, 2.24) is 9.80 Å². The van der Waals surface area contributed by atoms with Gasteiger partial charge in [0.15, 0.2) is 0 Å². The average Bonchev–Trinajstić information content (AvgIpc) is 3.18. The Morgan fingerprint density at radius 3 is 2.46 bits per heavy atom. The largest absolute Gasteiger partial charge is 0.366 e. The van der Waals surface area contributed by atoms with E-state index in [4.69, 9.17) is 10.5 Å². The van der Waals surface area contributed by atoms with Gasteiger partial charge in [-0.3, -0.25) is 33.8 Å². The van der Waals surface area contributed by atoms with Crippen LogP contribution in [0.4, 0.5) is 0 Å². The molecule has 0 radical (unpaired) electrons. The zero-order chi connectivity index (χ0) is 29.7. The van der Waals surface area contributed by atoms with Crippen molar-refractivity contribution in [3.8, 4) is 11.8 Å². The summed E-state index contributed by atoms with van der Waals surface area (Å²) in [6.07, 6.45) is 2.20. The Balaban J connectivity index is 1.41. The van der Waals surface area contributed by atoms with E-state index in [-0.39, 0.29) is 36.6 Å². The Kier molecular flexibility index (Phi) is 9.20. The summed E-state index contributed by atoms with van der Waals surface area (Å²) in [5.74, 6) is 3.55. The molecule has 1 atom stereocenters. The first-order valence-corrected chi connectivity index (χ1v) is 17.5. The number of hydrogen-bond acceptors (Lipinski definition) is 6. The summed E-state index contributed by atoms with van der Waals surface area (Å²) in [6, 6.07) is 11.8. The van der Waals surface area contributed by atoms with Crippen molar-refractivity contribution in [3.05, 3.63) is 70.3 Å². The molecule has 2 aromatic carbocycles. The molecule has 0 saturated carbocycles. The molecule has 214 valence electrons. The Bertz CT molecular complexity index is 1430. The first-order valence-electron chi connectivity index (χ1n) is 13.8. The summed E-state index contributed by atoms with van der Waals surface area (Å²) in [4.78, 5) is 65.8. The predicted octanol–water partition coefficient (Wildman–Crippen LogP) is 3.59. The van der Waals surface area contributed by atoms with Gasteiger partial charge in [0.05, 0.1) is 11.1 Å². The molecule has 9 nitrogen and oxygen atoms in total. The van der Waals surface area contributed by atoms with Crippen molar-refractivity contribution < 1.29 is 28.7 Å². The molecule has 0 bridgehead atoms. The van der Waals surface area contributed by atoms with Gasteiger partial charge in [0.1, 0.15) is 12.8 Å². The predicted molar refractivity (Wildman–Crippen MR) is 156 cm³/mol. The molecular weight excluding hydrogens is 538 g/mol. The van der Waals surface area contributed by atoms with Gasteiger partial charge in [-0.1, -0.05) is 49.7 Å². The van der Waals surface area contributed by atoms with Crippen LogP contribution in [0.2, 0.25) is 25.7 Å². The third-order valence-corrected chi connectivity index (χ3v) is 8.89. The Labute approximate surface area is 241 Å². The first-order chi connectivity index (χ1) is 19.5. The lowest BCUT2D eigenvalue weighted by Crippen LogP contribution is -2.56. The zero-order valence-corrected chi connectivity index (χ0v) is 24.7. The van der Waals surface area contributed by atoms with Crippen LogP contribution in [0.3, 0.4) is 0 Å². The lowest BCUT2D eigenvalue weighted by molar-refractivity contribution is -0.158. The van der Waals surface area contributed by atoms with Gasteiger partial charge in [0.2, 0.25) is 11.8 Å². The summed E-state index contributed by atoms with van der Waals surface area (Å²) >= 11 is 0. The number of likely N-dealkylation sites (tertiary alicyclic amines) is 1. The van der Waals surface area contributed by atoms with E-state index in [1.807, 2.05) is 12.1 Å². The second kappa shape index (κ2) is 12.6. The van der Waals surface area contributed by atoms with Crippen molar-refractivity contribution >= 4 is 37.6 Å². The fourth-order valence-corrected chi connectivity index (χ4v) is 5.55. The van der Waals surface area contributed by atoms with Crippen LogP contribution in [0.5, 0.6) is 0 Å². The van der Waals surface area contributed by atoms with Gasteiger partial charge in [-0.2, -0.15) is 0 Å². The number of benzene rings is 2. The molecule has 1 fully saturated rings. The molecule has 0 spiro atoms. The quantitative estimate of drug-likeness (QED) is 0.200. The number of primary amides is 1. The zero-order valence-electron chi connectivity index (χ0n) is 23.7. The molecule has 1 unspecified atom stereocenters. The maximum absolute atomic E-state index is 13.5. The first kappa shape index (κ1) is 29.9. The molecule has 2 N–H and O–H groups in total. The summed E-state index contributed by atoms with van der Waals surface area (Å²) < 4.78 is 5.64. The molecule has 2 aliphatic rings. The Hall–Kier alpha value is -4.07. The number of amides is 5. The van der Waals surface area contributed by atoms with Crippen LogP contribution in [0.1, 0.15) is 67.9 Å². The lowest BCUT2D eigenvalue weighted by atomic mass is 10.0. The van der Waals surface area contributed by atoms with Gasteiger partial charge in [0, 0.05) is 38.6 Å². The molecule has 2 aliphatic heterocycles. The number of unbranched alkanes of at least 4 members (excludes halogenated alkanes) is 1. The van der Waals surface area contributed by atoms with Gasteiger partial charge in [0.25, 0.3) is 17.7 Å². The maximum atomic E-state index is 13.5. The number of carbonyl (C=O) groups is 5. The molecule has 10 heteroatoms. The summed E-state index contributed by atoms with van der Waals surface area (Å²) in [6.45, 7) is 6.87. The second-order valence-electron chi connectivity index (χ2n) is 11.5. The number of aryl methyl sites for hydroxylation is 1. The van der Waals surface area contributed by atoms with Crippen molar-refractivity contribution in [1.29, 1.82) is 0 Å². The number of nitrogens with zero attached hydrogens (tertiary/aromatic N) is 2. The third kappa shape index (κ3) is 6.99. The van der Waals surface area contributed by atoms with E-state index in [2.05, 4.69) is 31.5 Å². The molecule has 0 aromatic heterocycles. The van der Waals surface area contributed by atoms with Crippen LogP contribution in [-0.2, 0) is 20.7 Å². The maximum Gasteiger partial charge on any atom is 0.263 e. The smallest absolute Gasteiger partial charge is 0.263 e. The van der Waals surface area contributed by atoms with E-state index in [9.17, 15) is 24.0 Å². The SMILES string of the molecule is C[Si](C)(C)CCOCN1C(=O)CCC(N2C(=O)c3cccc(C#CCCCc4ccc(C(N)=O)cc4)c3C2=O)C1=O. The second-order valence-corrected chi connectivity index (χ2v) is 17.1. The minimum absolute atomic E-state index is 0.0408. The van der Waals surface area contributed by atoms with E-state index < -0.39 is 37.7 Å². The molecule has 2 aromatic rings. The molecule has 41 heavy (non-hydrogen) atoms. The standard InChI is InChI=1S/C31H35N3O6Si/c1-41(2,3)19-18-40-20-33-26(35)17-16-25(30(33)38)34-29(37)24-11-7-10-22(27(24)31(34)39)9-6-4-5-8-21-12-14-23(15-13-21)28(32)36/h7,10-15,25H,4-5,8,16-20H2,1-3H3,(H2,32,36). The van der Waals surface area contributed by atoms with Crippen LogP contribution in [0, 0.1) is 11.8 Å². The number of fused-ring (bicyclic) bond motifs is 1. The minimum atomic E-state index is -1.34. The number of imide groups is 2. The molecule has 1 saturated heterocycles. The van der Waals surface area contributed by atoms with Crippen molar-refractivity contribution in [3.63, 3.8) is 0 Å². The van der Waals surface area contributed by atoms with Crippen molar-refractivity contribution in [2.75, 3.05) is 13.3 Å². The fraction of sp³-hybridized carbons (Fsp3) is 0.387. The van der Waals surface area contributed by atoms with Crippen molar-refractivity contribution in [2.45, 2.75) is 63.8 Å². The average molecular weight is 574 g/mol. The van der Waals surface area contributed by atoms with E-state index in [0.717, 1.165) is 34.2 Å².